The van der Waals surface area contributed by atoms with E-state index in [1.54, 1.807) is 0 Å². The van der Waals surface area contributed by atoms with Crippen LogP contribution in [0.2, 0.25) is 10.0 Å². The first-order valence-electron chi connectivity index (χ1n) is 6.85. The number of hydrogen-bond acceptors (Lipinski definition) is 6. The largest absolute Gasteiger partial charge is 0.502 e. The molecule has 9 nitrogen and oxygen atoms in total. The van der Waals surface area contributed by atoms with Crippen molar-refractivity contribution in [3.63, 3.8) is 0 Å². The van der Waals surface area contributed by atoms with Crippen LogP contribution >= 0.6 is 23.2 Å². The number of carbonyl (C=O) groups excluding carboxylic acids is 2. The summed E-state index contributed by atoms with van der Waals surface area (Å²) in [4.78, 5) is 33.4. The summed E-state index contributed by atoms with van der Waals surface area (Å²) >= 11 is 11.7. The molecule has 3 N–H and O–H groups in total. The first-order valence-corrected chi connectivity index (χ1v) is 7.61. The first kappa shape index (κ1) is 19.2. The number of hydrazone groups is 1. The third kappa shape index (κ3) is 4.68. The smallest absolute Gasteiger partial charge is 0.329 e. The molecule has 0 saturated carbocycles. The highest BCUT2D eigenvalue weighted by molar-refractivity contribution is 6.45. The summed E-state index contributed by atoms with van der Waals surface area (Å²) in [5.41, 5.74) is 1.82. The Hall–Kier alpha value is -3.17. The van der Waals surface area contributed by atoms with Gasteiger partial charge in [-0.05, 0) is 24.3 Å². The topological polar surface area (TPSA) is 134 Å². The van der Waals surface area contributed by atoms with Gasteiger partial charge in [0.1, 0.15) is 0 Å². The number of phenols is 1. The monoisotopic (exact) mass is 396 g/mol. The van der Waals surface area contributed by atoms with Crippen molar-refractivity contribution in [1.29, 1.82) is 0 Å². The van der Waals surface area contributed by atoms with E-state index in [0.717, 1.165) is 18.3 Å². The molecule has 26 heavy (non-hydrogen) atoms. The maximum atomic E-state index is 11.8. The SMILES string of the molecule is O=C(N/N=C/c1ccc(O)c([N+](=O)[O-])c1)C(=O)Nc1cccc(Cl)c1Cl. The lowest BCUT2D eigenvalue weighted by Gasteiger charge is -2.06. The molecule has 2 aromatic carbocycles. The van der Waals surface area contributed by atoms with E-state index in [1.165, 1.54) is 24.3 Å². The first-order chi connectivity index (χ1) is 12.3. The Balaban J connectivity index is 2.00. The Labute approximate surface area is 156 Å². The van der Waals surface area contributed by atoms with E-state index in [4.69, 9.17) is 23.2 Å². The van der Waals surface area contributed by atoms with Gasteiger partial charge in [-0.15, -0.1) is 0 Å². The minimum atomic E-state index is -1.09. The number of hydrogen-bond donors (Lipinski definition) is 3. The average Bonchev–Trinajstić information content (AvgIpc) is 2.60. The number of benzene rings is 2. The van der Waals surface area contributed by atoms with Crippen LogP contribution in [0.25, 0.3) is 0 Å². The molecule has 0 spiro atoms. The summed E-state index contributed by atoms with van der Waals surface area (Å²) in [7, 11) is 0. The molecule has 0 bridgehead atoms. The maximum Gasteiger partial charge on any atom is 0.329 e. The number of nitro groups is 1. The van der Waals surface area contributed by atoms with E-state index in [9.17, 15) is 24.8 Å². The van der Waals surface area contributed by atoms with Gasteiger partial charge in [-0.2, -0.15) is 5.10 Å². The fraction of sp³-hybridized carbons (Fsp3) is 0. The zero-order chi connectivity index (χ0) is 19.3. The van der Waals surface area contributed by atoms with Crippen LogP contribution in [-0.2, 0) is 9.59 Å². The lowest BCUT2D eigenvalue weighted by Crippen LogP contribution is -2.32. The Morgan fingerprint density at radius 3 is 2.62 bits per heavy atom. The van der Waals surface area contributed by atoms with Crippen molar-refractivity contribution in [3.8, 4) is 5.75 Å². The van der Waals surface area contributed by atoms with E-state index in [-0.39, 0.29) is 21.3 Å². The number of halogens is 2. The second-order valence-corrected chi connectivity index (χ2v) is 5.55. The summed E-state index contributed by atoms with van der Waals surface area (Å²) in [6, 6.07) is 8.01. The second kappa shape index (κ2) is 8.28. The molecule has 2 aromatic rings. The van der Waals surface area contributed by atoms with Crippen LogP contribution < -0.4 is 10.7 Å². The number of carbonyl (C=O) groups is 2. The molecule has 0 heterocycles. The molecule has 0 atom stereocenters. The zero-order valence-electron chi connectivity index (χ0n) is 12.8. The fourth-order valence-corrected chi connectivity index (χ4v) is 2.11. The minimum absolute atomic E-state index is 0.0789. The standard InChI is InChI=1S/C15H10Cl2N4O5/c16-9-2-1-3-10(13(9)17)19-14(23)15(24)20-18-7-8-4-5-12(22)11(6-8)21(25)26/h1-7,22H,(H,19,23)(H,20,24)/b18-7+. The van der Waals surface area contributed by atoms with Gasteiger partial charge in [-0.3, -0.25) is 19.7 Å². The lowest BCUT2D eigenvalue weighted by molar-refractivity contribution is -0.385. The molecule has 0 aliphatic carbocycles. The van der Waals surface area contributed by atoms with Gasteiger partial charge in [0, 0.05) is 11.6 Å². The van der Waals surface area contributed by atoms with E-state index in [0.29, 0.717) is 0 Å². The van der Waals surface area contributed by atoms with Crippen LogP contribution in [0.15, 0.2) is 41.5 Å². The van der Waals surface area contributed by atoms with Crippen molar-refractivity contribution in [3.05, 3.63) is 62.1 Å². The predicted molar refractivity (Wildman–Crippen MR) is 95.6 cm³/mol. The number of amides is 2. The summed E-state index contributed by atoms with van der Waals surface area (Å²) in [5, 5.41) is 26.2. The van der Waals surface area contributed by atoms with Crippen LogP contribution in [-0.4, -0.2) is 28.1 Å². The summed E-state index contributed by atoms with van der Waals surface area (Å²) < 4.78 is 0. The van der Waals surface area contributed by atoms with Crippen molar-refractivity contribution in [2.24, 2.45) is 5.10 Å². The quantitative estimate of drug-likeness (QED) is 0.316. The number of anilines is 1. The van der Waals surface area contributed by atoms with Gasteiger partial charge in [-0.1, -0.05) is 29.3 Å². The molecule has 0 saturated heterocycles. The Morgan fingerprint density at radius 2 is 1.92 bits per heavy atom. The normalized spacial score (nSPS) is 10.5. The van der Waals surface area contributed by atoms with Crippen molar-refractivity contribution in [1.82, 2.24) is 5.43 Å². The van der Waals surface area contributed by atoms with E-state index < -0.39 is 28.2 Å². The molecule has 0 aromatic heterocycles. The van der Waals surface area contributed by atoms with Gasteiger partial charge in [0.05, 0.1) is 26.9 Å². The van der Waals surface area contributed by atoms with E-state index in [2.05, 4.69) is 10.4 Å². The molecule has 0 unspecified atom stereocenters. The van der Waals surface area contributed by atoms with Crippen LogP contribution in [0.4, 0.5) is 11.4 Å². The van der Waals surface area contributed by atoms with E-state index >= 15 is 0 Å². The van der Waals surface area contributed by atoms with Crippen molar-refractivity contribution >= 4 is 52.6 Å². The van der Waals surface area contributed by atoms with Crippen molar-refractivity contribution < 1.29 is 19.6 Å². The number of nitro benzene ring substituents is 1. The molecule has 2 rings (SSSR count). The van der Waals surface area contributed by atoms with Gasteiger partial charge in [0.25, 0.3) is 0 Å². The van der Waals surface area contributed by atoms with Crippen LogP contribution in [0.5, 0.6) is 5.75 Å². The third-order valence-electron chi connectivity index (χ3n) is 2.98. The third-order valence-corrected chi connectivity index (χ3v) is 3.80. The lowest BCUT2D eigenvalue weighted by atomic mass is 10.2. The van der Waals surface area contributed by atoms with Gasteiger partial charge >= 0.3 is 17.5 Å². The molecule has 2 amide bonds. The number of nitrogens with one attached hydrogen (secondary N) is 2. The Morgan fingerprint density at radius 1 is 1.19 bits per heavy atom. The average molecular weight is 397 g/mol. The molecule has 0 radical (unpaired) electrons. The molecular weight excluding hydrogens is 387 g/mol. The Bertz CT molecular complexity index is 917. The number of aromatic hydroxyl groups is 1. The van der Waals surface area contributed by atoms with Gasteiger partial charge < -0.3 is 10.4 Å². The molecular formula is C15H10Cl2N4O5. The summed E-state index contributed by atoms with van der Waals surface area (Å²) in [6.07, 6.45) is 1.07. The Kier molecular flexibility index (Phi) is 6.10. The summed E-state index contributed by atoms with van der Waals surface area (Å²) in [6.45, 7) is 0. The van der Waals surface area contributed by atoms with Gasteiger partial charge in [0.15, 0.2) is 5.75 Å². The molecule has 134 valence electrons. The zero-order valence-corrected chi connectivity index (χ0v) is 14.3. The van der Waals surface area contributed by atoms with Crippen molar-refractivity contribution in [2.75, 3.05) is 5.32 Å². The highest BCUT2D eigenvalue weighted by Crippen LogP contribution is 2.29. The molecule has 11 heteroatoms. The molecule has 0 aliphatic rings. The minimum Gasteiger partial charge on any atom is -0.502 e. The number of nitrogens with zero attached hydrogens (tertiary/aromatic N) is 2. The molecule has 0 fully saturated rings. The van der Waals surface area contributed by atoms with E-state index in [1.807, 2.05) is 5.43 Å². The highest BCUT2D eigenvalue weighted by Gasteiger charge is 2.16. The van der Waals surface area contributed by atoms with Crippen LogP contribution in [0.1, 0.15) is 5.56 Å². The van der Waals surface area contributed by atoms with Crippen molar-refractivity contribution in [2.45, 2.75) is 0 Å². The highest BCUT2D eigenvalue weighted by atomic mass is 35.5. The fourth-order valence-electron chi connectivity index (χ4n) is 1.76. The maximum absolute atomic E-state index is 11.8. The van der Waals surface area contributed by atoms with Crippen LogP contribution in [0, 0.1) is 10.1 Å². The number of rotatable bonds is 4. The predicted octanol–water partition coefficient (Wildman–Crippen LogP) is 2.70. The second-order valence-electron chi connectivity index (χ2n) is 4.76. The van der Waals surface area contributed by atoms with Gasteiger partial charge in [-0.25, -0.2) is 5.43 Å². The van der Waals surface area contributed by atoms with Gasteiger partial charge in [0.2, 0.25) is 0 Å². The molecule has 0 aliphatic heterocycles. The number of phenolic OH excluding ortho intramolecular Hbond substituents is 1. The summed E-state index contributed by atoms with van der Waals surface area (Å²) in [5.74, 6) is -2.64. The van der Waals surface area contributed by atoms with Crippen LogP contribution in [0.3, 0.4) is 0 Å².